The number of sulfonamides is 1. The fourth-order valence-electron chi connectivity index (χ4n) is 1.61. The summed E-state index contributed by atoms with van der Waals surface area (Å²) in [6, 6.07) is 2.19. The zero-order valence-corrected chi connectivity index (χ0v) is 13.9. The molecule has 6 nitrogen and oxygen atoms in total. The minimum absolute atomic E-state index is 0.170. The monoisotopic (exact) mass is 382 g/mol. The van der Waals surface area contributed by atoms with Crippen LogP contribution in [-0.2, 0) is 14.8 Å². The largest absolute Gasteiger partial charge is 0.377 e. The number of nitrogens with two attached hydrogens (primary N) is 1. The van der Waals surface area contributed by atoms with Crippen LogP contribution in [0, 0.1) is 5.82 Å². The highest BCUT2D eigenvalue weighted by Gasteiger charge is 2.22. The van der Waals surface area contributed by atoms with Crippen LogP contribution in [0.25, 0.3) is 0 Å². The van der Waals surface area contributed by atoms with Gasteiger partial charge in [0, 0.05) is 17.6 Å². The van der Waals surface area contributed by atoms with Gasteiger partial charge in [0.15, 0.2) is 5.82 Å². The average molecular weight is 383 g/mol. The first-order valence-corrected chi connectivity index (χ1v) is 8.42. The number of rotatable bonds is 6. The molecule has 0 aromatic heterocycles. The number of nitrogens with one attached hydrogen (secondary N) is 1. The number of ether oxygens (including phenoxy) is 1. The molecule has 1 atom stereocenters. The summed E-state index contributed by atoms with van der Waals surface area (Å²) >= 11 is 3.02. The van der Waals surface area contributed by atoms with Crippen molar-refractivity contribution in [2.75, 3.05) is 13.2 Å². The smallest absolute Gasteiger partial charge is 0.254 e. The van der Waals surface area contributed by atoms with E-state index in [0.29, 0.717) is 6.61 Å². The van der Waals surface area contributed by atoms with Crippen LogP contribution in [0.1, 0.15) is 24.2 Å². The van der Waals surface area contributed by atoms with Gasteiger partial charge in [-0.1, -0.05) is 15.9 Å². The van der Waals surface area contributed by atoms with E-state index >= 15 is 0 Å². The van der Waals surface area contributed by atoms with Crippen molar-refractivity contribution in [3.05, 3.63) is 28.0 Å². The minimum atomic E-state index is -4.26. The molecule has 0 saturated carbocycles. The van der Waals surface area contributed by atoms with Gasteiger partial charge < -0.3 is 10.1 Å². The molecular weight excluding hydrogens is 367 g/mol. The highest BCUT2D eigenvalue weighted by Crippen LogP contribution is 2.23. The van der Waals surface area contributed by atoms with Crippen molar-refractivity contribution in [2.24, 2.45) is 5.14 Å². The highest BCUT2D eigenvalue weighted by atomic mass is 79.9. The summed E-state index contributed by atoms with van der Waals surface area (Å²) in [7, 11) is -4.26. The molecule has 0 heterocycles. The van der Waals surface area contributed by atoms with E-state index in [1.54, 1.807) is 6.92 Å². The third-order valence-electron chi connectivity index (χ3n) is 2.56. The third-order valence-corrected chi connectivity index (χ3v) is 3.92. The van der Waals surface area contributed by atoms with Crippen molar-refractivity contribution in [3.63, 3.8) is 0 Å². The number of amides is 1. The Balaban J connectivity index is 3.03. The number of carbonyl (C=O) groups is 1. The summed E-state index contributed by atoms with van der Waals surface area (Å²) in [4.78, 5) is 11.2. The second kappa shape index (κ2) is 7.30. The van der Waals surface area contributed by atoms with E-state index in [0.717, 1.165) is 6.07 Å². The van der Waals surface area contributed by atoms with Crippen molar-refractivity contribution in [1.82, 2.24) is 5.32 Å². The summed E-state index contributed by atoms with van der Waals surface area (Å²) in [5.41, 5.74) is -0.405. The van der Waals surface area contributed by atoms with Gasteiger partial charge in [-0.15, -0.1) is 0 Å². The Morgan fingerprint density at radius 2 is 2.14 bits per heavy atom. The van der Waals surface area contributed by atoms with Gasteiger partial charge in [-0.25, -0.2) is 17.9 Å². The highest BCUT2D eigenvalue weighted by molar-refractivity contribution is 9.10. The second-order valence-corrected chi connectivity index (χ2v) is 6.73. The van der Waals surface area contributed by atoms with E-state index in [2.05, 4.69) is 21.2 Å². The van der Waals surface area contributed by atoms with Crippen molar-refractivity contribution in [1.29, 1.82) is 0 Å². The quantitative estimate of drug-likeness (QED) is 0.776. The number of benzene rings is 1. The Bertz CT molecular complexity index is 636. The fraction of sp³-hybridized carbons (Fsp3) is 0.417. The van der Waals surface area contributed by atoms with Gasteiger partial charge in [0.05, 0.1) is 11.7 Å². The van der Waals surface area contributed by atoms with Crippen LogP contribution in [0.3, 0.4) is 0 Å². The predicted molar refractivity (Wildman–Crippen MR) is 78.9 cm³/mol. The maximum Gasteiger partial charge on any atom is 0.254 e. The maximum absolute atomic E-state index is 14.1. The molecule has 0 aliphatic heterocycles. The molecule has 0 spiro atoms. The molecular formula is C12H16BrFN2O4S. The van der Waals surface area contributed by atoms with Crippen LogP contribution in [0.15, 0.2) is 21.5 Å². The molecule has 0 bridgehead atoms. The van der Waals surface area contributed by atoms with Crippen LogP contribution in [0.5, 0.6) is 0 Å². The van der Waals surface area contributed by atoms with E-state index in [-0.39, 0.29) is 17.1 Å². The molecule has 1 unspecified atom stereocenters. The maximum atomic E-state index is 14.1. The first-order chi connectivity index (χ1) is 9.66. The second-order valence-electron chi connectivity index (χ2n) is 4.29. The first-order valence-electron chi connectivity index (χ1n) is 6.08. The van der Waals surface area contributed by atoms with Crippen molar-refractivity contribution < 1.29 is 22.3 Å². The van der Waals surface area contributed by atoms with Gasteiger partial charge in [0.2, 0.25) is 10.0 Å². The zero-order chi connectivity index (χ0) is 16.2. The molecule has 0 aliphatic rings. The summed E-state index contributed by atoms with van der Waals surface area (Å²) in [6.45, 7) is 4.21. The average Bonchev–Trinajstić information content (AvgIpc) is 2.37. The third kappa shape index (κ3) is 5.03. The molecule has 1 rings (SSSR count). The standard InChI is InChI=1S/C12H16BrFN2O4S/c1-3-20-7(2)6-16-12(17)9-4-8(13)5-10(11(9)14)21(15,18)19/h4-5,7H,3,6H2,1-2H3,(H,16,17)(H2,15,18,19). The van der Waals surface area contributed by atoms with Crippen molar-refractivity contribution in [2.45, 2.75) is 24.8 Å². The number of primary sulfonamides is 1. The fourth-order valence-corrected chi connectivity index (χ4v) is 2.87. The molecule has 21 heavy (non-hydrogen) atoms. The molecule has 1 amide bonds. The van der Waals surface area contributed by atoms with Crippen LogP contribution in [-0.4, -0.2) is 33.6 Å². The molecule has 1 aromatic rings. The van der Waals surface area contributed by atoms with Gasteiger partial charge in [-0.2, -0.15) is 0 Å². The van der Waals surface area contributed by atoms with Gasteiger partial charge >= 0.3 is 0 Å². The lowest BCUT2D eigenvalue weighted by Gasteiger charge is -2.13. The van der Waals surface area contributed by atoms with Crippen molar-refractivity contribution >= 4 is 31.9 Å². The summed E-state index contributed by atoms with van der Waals surface area (Å²) in [5.74, 6) is -1.92. The zero-order valence-electron chi connectivity index (χ0n) is 11.5. The van der Waals surface area contributed by atoms with Crippen molar-refractivity contribution in [3.8, 4) is 0 Å². The van der Waals surface area contributed by atoms with E-state index < -0.39 is 32.2 Å². The first kappa shape index (κ1) is 18.0. The molecule has 0 radical (unpaired) electrons. The summed E-state index contributed by atoms with van der Waals surface area (Å²) in [5, 5.41) is 7.39. The normalized spacial score (nSPS) is 13.0. The van der Waals surface area contributed by atoms with Gasteiger partial charge in [-0.3, -0.25) is 4.79 Å². The summed E-state index contributed by atoms with van der Waals surface area (Å²) in [6.07, 6.45) is -0.244. The topological polar surface area (TPSA) is 98.5 Å². The molecule has 9 heteroatoms. The molecule has 3 N–H and O–H groups in total. The Morgan fingerprint density at radius 1 is 1.52 bits per heavy atom. The van der Waals surface area contributed by atoms with E-state index in [9.17, 15) is 17.6 Å². The molecule has 118 valence electrons. The molecule has 0 aliphatic carbocycles. The van der Waals surface area contributed by atoms with Crippen LogP contribution >= 0.6 is 15.9 Å². The van der Waals surface area contributed by atoms with Crippen LogP contribution in [0.4, 0.5) is 4.39 Å². The lowest BCUT2D eigenvalue weighted by molar-refractivity contribution is 0.0693. The Hall–Kier alpha value is -1.03. The predicted octanol–water partition coefficient (Wildman–Crippen LogP) is 1.39. The Kier molecular flexibility index (Phi) is 6.26. The number of halogens is 2. The van der Waals surface area contributed by atoms with Gasteiger partial charge in [-0.05, 0) is 26.0 Å². The molecule has 0 fully saturated rings. The SMILES string of the molecule is CCOC(C)CNC(=O)c1cc(Br)cc(S(N)(=O)=O)c1F. The van der Waals surface area contributed by atoms with Gasteiger partial charge in [0.25, 0.3) is 5.91 Å². The Labute approximate surface area is 131 Å². The molecule has 0 saturated heterocycles. The van der Waals surface area contributed by atoms with E-state index in [4.69, 9.17) is 9.88 Å². The number of carbonyl (C=O) groups excluding carboxylic acids is 1. The lowest BCUT2D eigenvalue weighted by Crippen LogP contribution is -2.33. The van der Waals surface area contributed by atoms with Crippen LogP contribution < -0.4 is 10.5 Å². The van der Waals surface area contributed by atoms with Gasteiger partial charge in [0.1, 0.15) is 4.90 Å². The summed E-state index contributed by atoms with van der Waals surface area (Å²) < 4.78 is 42.2. The van der Waals surface area contributed by atoms with E-state index in [1.807, 2.05) is 6.92 Å². The Morgan fingerprint density at radius 3 is 2.67 bits per heavy atom. The number of hydrogen-bond donors (Lipinski definition) is 2. The van der Waals surface area contributed by atoms with Crippen LogP contribution in [0.2, 0.25) is 0 Å². The molecule has 1 aromatic carbocycles. The minimum Gasteiger partial charge on any atom is -0.377 e. The number of hydrogen-bond acceptors (Lipinski definition) is 4. The lowest BCUT2D eigenvalue weighted by atomic mass is 10.2. The van der Waals surface area contributed by atoms with E-state index in [1.165, 1.54) is 6.07 Å².